The van der Waals surface area contributed by atoms with Crippen LogP contribution in [0, 0.1) is 11.7 Å². The number of ether oxygens (including phenoxy) is 1. The monoisotopic (exact) mass is 547 g/mol. The van der Waals surface area contributed by atoms with Crippen LogP contribution in [0.2, 0.25) is 0 Å². The second-order valence-corrected chi connectivity index (χ2v) is 11.1. The number of carbonyl (C=O) groups is 1. The fourth-order valence-corrected chi connectivity index (χ4v) is 5.84. The number of carboxylic acid groups (broad SMARTS) is 1. The van der Waals surface area contributed by atoms with Crippen LogP contribution in [0.25, 0.3) is 0 Å². The van der Waals surface area contributed by atoms with E-state index in [1.165, 1.54) is 11.6 Å². The number of hydrogen-bond donors (Lipinski definition) is 2. The Morgan fingerprint density at radius 3 is 2.64 bits per heavy atom. The average molecular weight is 548 g/mol. The second-order valence-electron chi connectivity index (χ2n) is 11.1. The molecule has 2 aliphatic rings. The number of anilines is 1. The number of carboxylic acids is 1. The summed E-state index contributed by atoms with van der Waals surface area (Å²) < 4.78 is 45.5. The van der Waals surface area contributed by atoms with Crippen molar-refractivity contribution in [1.29, 1.82) is 0 Å². The van der Waals surface area contributed by atoms with Crippen molar-refractivity contribution in [1.82, 2.24) is 9.88 Å². The molecular formula is C30H40F3N3O3. The summed E-state index contributed by atoms with van der Waals surface area (Å²) in [6, 6.07) is 7.01. The highest BCUT2D eigenvalue weighted by atomic mass is 19.3. The standard InChI is InChI=1S/C30H40F3N3O3/c1-19(2)22-17-24(27(25(31)18-22)39-30(32)33)26(29(37)38)20-11-15-36(16-12-20)14-5-3-4-8-23-10-9-21-7-6-13-34-28(21)35-23/h9-10,17-20,26,30H,3-8,11-16H2,1-2H3,(H,34,35)(H,37,38)/t26-/m1/s1. The van der Waals surface area contributed by atoms with Crippen LogP contribution in [0.15, 0.2) is 24.3 Å². The van der Waals surface area contributed by atoms with Gasteiger partial charge < -0.3 is 20.1 Å². The molecule has 1 fully saturated rings. The van der Waals surface area contributed by atoms with E-state index in [4.69, 9.17) is 4.98 Å². The SMILES string of the molecule is CC(C)c1cc(F)c(OC(F)F)c([C@H](C(=O)O)C2CCN(CCCCCc3ccc4c(n3)NCCC4)CC2)c1. The topological polar surface area (TPSA) is 74.7 Å². The fourth-order valence-electron chi connectivity index (χ4n) is 5.84. The smallest absolute Gasteiger partial charge is 0.387 e. The molecular weight excluding hydrogens is 507 g/mol. The predicted molar refractivity (Wildman–Crippen MR) is 145 cm³/mol. The first kappa shape index (κ1) is 29.2. The molecule has 6 nitrogen and oxygen atoms in total. The Bertz CT molecular complexity index is 1120. The van der Waals surface area contributed by atoms with Gasteiger partial charge in [-0.3, -0.25) is 4.79 Å². The summed E-state index contributed by atoms with van der Waals surface area (Å²) in [5.74, 6) is -3.17. The summed E-state index contributed by atoms with van der Waals surface area (Å²) in [5.41, 5.74) is 3.00. The first-order chi connectivity index (χ1) is 18.7. The Hall–Kier alpha value is -2.81. The zero-order chi connectivity index (χ0) is 27.9. The Morgan fingerprint density at radius 1 is 1.18 bits per heavy atom. The zero-order valence-electron chi connectivity index (χ0n) is 22.9. The van der Waals surface area contributed by atoms with Gasteiger partial charge in [0.1, 0.15) is 5.82 Å². The molecule has 0 amide bonds. The molecule has 4 rings (SSSR count). The quantitative estimate of drug-likeness (QED) is 0.292. The molecule has 0 spiro atoms. The van der Waals surface area contributed by atoms with Crippen LogP contribution in [0.1, 0.15) is 86.6 Å². The zero-order valence-corrected chi connectivity index (χ0v) is 22.9. The van der Waals surface area contributed by atoms with Gasteiger partial charge in [-0.1, -0.05) is 32.4 Å². The number of aromatic nitrogens is 1. The lowest BCUT2D eigenvalue weighted by Gasteiger charge is -2.35. The number of nitrogens with zero attached hydrogens (tertiary/aromatic N) is 2. The van der Waals surface area contributed by atoms with Gasteiger partial charge in [0.2, 0.25) is 0 Å². The number of aliphatic carboxylic acids is 1. The van der Waals surface area contributed by atoms with Crippen LogP contribution in [0.5, 0.6) is 5.75 Å². The third-order valence-electron chi connectivity index (χ3n) is 8.03. The van der Waals surface area contributed by atoms with E-state index in [0.29, 0.717) is 18.4 Å². The van der Waals surface area contributed by atoms with Gasteiger partial charge in [-0.25, -0.2) is 9.37 Å². The van der Waals surface area contributed by atoms with Crippen LogP contribution >= 0.6 is 0 Å². The fraction of sp³-hybridized carbons (Fsp3) is 0.600. The number of nitrogens with one attached hydrogen (secondary N) is 1. The highest BCUT2D eigenvalue weighted by Crippen LogP contribution is 2.41. The van der Waals surface area contributed by atoms with Crippen molar-refractivity contribution in [2.45, 2.75) is 83.7 Å². The summed E-state index contributed by atoms with van der Waals surface area (Å²) in [7, 11) is 0. The molecule has 0 aliphatic carbocycles. The Labute approximate surface area is 229 Å². The Kier molecular flexibility index (Phi) is 10.1. The van der Waals surface area contributed by atoms with Crippen molar-refractivity contribution < 1.29 is 27.8 Å². The molecule has 1 atom stereocenters. The Morgan fingerprint density at radius 2 is 1.95 bits per heavy atom. The largest absolute Gasteiger partial charge is 0.481 e. The number of alkyl halides is 2. The lowest BCUT2D eigenvalue weighted by Crippen LogP contribution is -2.38. The molecule has 2 aliphatic heterocycles. The summed E-state index contributed by atoms with van der Waals surface area (Å²) in [4.78, 5) is 19.5. The van der Waals surface area contributed by atoms with Gasteiger partial charge in [-0.15, -0.1) is 0 Å². The maximum Gasteiger partial charge on any atom is 0.387 e. The van der Waals surface area contributed by atoms with E-state index in [1.54, 1.807) is 0 Å². The number of hydrogen-bond acceptors (Lipinski definition) is 5. The average Bonchev–Trinajstić information content (AvgIpc) is 2.90. The number of benzene rings is 1. The van der Waals surface area contributed by atoms with Crippen molar-refractivity contribution in [3.63, 3.8) is 0 Å². The molecule has 0 bridgehead atoms. The Balaban J connectivity index is 1.29. The van der Waals surface area contributed by atoms with Crippen molar-refractivity contribution in [3.05, 3.63) is 52.5 Å². The second kappa shape index (κ2) is 13.5. The van der Waals surface area contributed by atoms with E-state index in [0.717, 1.165) is 82.3 Å². The molecule has 2 aromatic rings. The van der Waals surface area contributed by atoms with Crippen LogP contribution in [0.3, 0.4) is 0 Å². The molecule has 2 N–H and O–H groups in total. The third kappa shape index (κ3) is 7.65. The van der Waals surface area contributed by atoms with Crippen molar-refractivity contribution >= 4 is 11.8 Å². The van der Waals surface area contributed by atoms with Crippen LogP contribution in [-0.4, -0.2) is 53.8 Å². The van der Waals surface area contributed by atoms with Crippen LogP contribution < -0.4 is 10.1 Å². The normalized spacial score (nSPS) is 17.2. The van der Waals surface area contributed by atoms with Crippen LogP contribution in [0.4, 0.5) is 19.0 Å². The van der Waals surface area contributed by atoms with Gasteiger partial charge in [-0.2, -0.15) is 8.78 Å². The van der Waals surface area contributed by atoms with Gasteiger partial charge >= 0.3 is 12.6 Å². The number of piperidine rings is 1. The van der Waals surface area contributed by atoms with Gasteiger partial charge in [0.05, 0.1) is 5.92 Å². The number of likely N-dealkylation sites (tertiary alicyclic amines) is 1. The highest BCUT2D eigenvalue weighted by molar-refractivity contribution is 5.78. The molecule has 1 aromatic heterocycles. The van der Waals surface area contributed by atoms with E-state index >= 15 is 0 Å². The number of halogens is 3. The molecule has 0 saturated carbocycles. The molecule has 0 unspecified atom stereocenters. The van der Waals surface area contributed by atoms with E-state index in [9.17, 15) is 23.1 Å². The number of fused-ring (bicyclic) bond motifs is 1. The summed E-state index contributed by atoms with van der Waals surface area (Å²) in [6.45, 7) is 3.83. The lowest BCUT2D eigenvalue weighted by molar-refractivity contribution is -0.141. The number of aryl methyl sites for hydroxylation is 2. The summed E-state index contributed by atoms with van der Waals surface area (Å²) >= 11 is 0. The number of pyridine rings is 1. The molecule has 3 heterocycles. The number of unbranched alkanes of at least 4 members (excludes halogenated alkanes) is 2. The van der Waals surface area contributed by atoms with Gasteiger partial charge in [0, 0.05) is 17.8 Å². The molecule has 9 heteroatoms. The number of rotatable bonds is 12. The minimum atomic E-state index is -3.24. The van der Waals surface area contributed by atoms with E-state index in [1.807, 2.05) is 13.8 Å². The predicted octanol–water partition coefficient (Wildman–Crippen LogP) is 6.60. The van der Waals surface area contributed by atoms with Crippen molar-refractivity contribution in [3.8, 4) is 5.75 Å². The minimum absolute atomic E-state index is 0.0101. The van der Waals surface area contributed by atoms with Crippen LogP contribution in [-0.2, 0) is 17.6 Å². The first-order valence-electron chi connectivity index (χ1n) is 14.2. The van der Waals surface area contributed by atoms with Gasteiger partial charge in [-0.05, 0) is 99.7 Å². The molecule has 1 aromatic carbocycles. The molecule has 0 radical (unpaired) electrons. The van der Waals surface area contributed by atoms with Gasteiger partial charge in [0.15, 0.2) is 11.6 Å². The highest BCUT2D eigenvalue weighted by Gasteiger charge is 2.36. The van der Waals surface area contributed by atoms with E-state index in [-0.39, 0.29) is 17.4 Å². The van der Waals surface area contributed by atoms with Crippen molar-refractivity contribution in [2.75, 3.05) is 31.5 Å². The molecule has 214 valence electrons. The lowest BCUT2D eigenvalue weighted by atomic mass is 9.78. The third-order valence-corrected chi connectivity index (χ3v) is 8.03. The summed E-state index contributed by atoms with van der Waals surface area (Å²) in [5, 5.41) is 13.5. The van der Waals surface area contributed by atoms with E-state index < -0.39 is 30.1 Å². The maximum atomic E-state index is 14.8. The maximum absolute atomic E-state index is 14.8. The van der Waals surface area contributed by atoms with Crippen molar-refractivity contribution in [2.24, 2.45) is 5.92 Å². The minimum Gasteiger partial charge on any atom is -0.481 e. The summed E-state index contributed by atoms with van der Waals surface area (Å²) in [6.07, 6.45) is 7.59. The van der Waals surface area contributed by atoms with Gasteiger partial charge in [0.25, 0.3) is 0 Å². The molecule has 39 heavy (non-hydrogen) atoms. The van der Waals surface area contributed by atoms with E-state index in [2.05, 4.69) is 27.1 Å². The molecule has 1 saturated heterocycles. The first-order valence-corrected chi connectivity index (χ1v) is 14.2.